The van der Waals surface area contributed by atoms with Gasteiger partial charge < -0.3 is 10.1 Å². The molecule has 1 heterocycles. The van der Waals surface area contributed by atoms with Crippen LogP contribution in [0.4, 0.5) is 0 Å². The molecule has 22 heavy (non-hydrogen) atoms. The van der Waals surface area contributed by atoms with E-state index >= 15 is 0 Å². The molecule has 5 heteroatoms. The van der Waals surface area contributed by atoms with Gasteiger partial charge in [0, 0.05) is 17.8 Å². The number of ether oxygens (including phenoxy) is 1. The molecule has 1 aromatic carbocycles. The lowest BCUT2D eigenvalue weighted by Gasteiger charge is -2.06. The second-order valence-electron chi connectivity index (χ2n) is 5.10. The lowest BCUT2D eigenvalue weighted by molar-refractivity contribution is -0.120. The van der Waals surface area contributed by atoms with Crippen LogP contribution >= 0.6 is 11.3 Å². The van der Waals surface area contributed by atoms with Gasteiger partial charge in [-0.3, -0.25) is 4.79 Å². The number of nitrogens with one attached hydrogen (secondary N) is 1. The topological polar surface area (TPSA) is 51.2 Å². The van der Waals surface area contributed by atoms with E-state index in [1.807, 2.05) is 38.1 Å². The van der Waals surface area contributed by atoms with Gasteiger partial charge in [0.05, 0.1) is 23.7 Å². The Balaban J connectivity index is 1.75. The maximum atomic E-state index is 11.9. The van der Waals surface area contributed by atoms with Gasteiger partial charge in [-0.05, 0) is 38.5 Å². The van der Waals surface area contributed by atoms with Crippen molar-refractivity contribution in [2.45, 2.75) is 33.6 Å². The first-order valence-electron chi connectivity index (χ1n) is 7.50. The second-order valence-corrected chi connectivity index (χ2v) is 6.39. The minimum atomic E-state index is 0.0363. The normalized spacial score (nSPS) is 10.5. The molecule has 0 aliphatic rings. The lowest BCUT2D eigenvalue weighted by Crippen LogP contribution is -2.27. The first-order valence-corrected chi connectivity index (χ1v) is 8.31. The summed E-state index contributed by atoms with van der Waals surface area (Å²) in [6.07, 6.45) is 1.18. The van der Waals surface area contributed by atoms with Crippen molar-refractivity contribution in [1.82, 2.24) is 10.3 Å². The Bertz CT molecular complexity index is 601. The summed E-state index contributed by atoms with van der Waals surface area (Å²) in [5.41, 5.74) is 2.07. The number of hydrogen-bond donors (Lipinski definition) is 1. The third-order valence-electron chi connectivity index (χ3n) is 3.33. The van der Waals surface area contributed by atoms with Gasteiger partial charge in [-0.2, -0.15) is 0 Å². The van der Waals surface area contributed by atoms with E-state index in [1.165, 1.54) is 4.88 Å². The molecule has 0 spiro atoms. The van der Waals surface area contributed by atoms with Crippen molar-refractivity contribution in [3.05, 3.63) is 45.4 Å². The highest BCUT2D eigenvalue weighted by Crippen LogP contribution is 2.16. The minimum absolute atomic E-state index is 0.0363. The van der Waals surface area contributed by atoms with Crippen LogP contribution in [0, 0.1) is 13.8 Å². The highest BCUT2D eigenvalue weighted by atomic mass is 32.1. The Morgan fingerprint density at radius 3 is 2.59 bits per heavy atom. The number of carbonyl (C=O) groups is 1. The summed E-state index contributed by atoms with van der Waals surface area (Å²) in [5.74, 6) is 0.871. The van der Waals surface area contributed by atoms with Crippen LogP contribution < -0.4 is 10.1 Å². The van der Waals surface area contributed by atoms with Crippen LogP contribution in [0.3, 0.4) is 0 Å². The average molecular weight is 318 g/mol. The van der Waals surface area contributed by atoms with Crippen molar-refractivity contribution < 1.29 is 9.53 Å². The van der Waals surface area contributed by atoms with Gasteiger partial charge in [-0.15, -0.1) is 11.3 Å². The molecular formula is C17H22N2O2S. The van der Waals surface area contributed by atoms with E-state index in [2.05, 4.69) is 17.2 Å². The van der Waals surface area contributed by atoms with E-state index in [0.717, 1.165) is 28.4 Å². The Hall–Kier alpha value is -1.88. The largest absolute Gasteiger partial charge is 0.494 e. The third kappa shape index (κ3) is 4.84. The molecular weight excluding hydrogens is 296 g/mol. The van der Waals surface area contributed by atoms with Crippen LogP contribution in [0.1, 0.15) is 28.1 Å². The molecule has 0 unspecified atom stereocenters. The van der Waals surface area contributed by atoms with Crippen LogP contribution in [0.5, 0.6) is 5.75 Å². The molecule has 1 N–H and O–H groups in total. The van der Waals surface area contributed by atoms with Gasteiger partial charge in [0.2, 0.25) is 5.91 Å². The molecule has 0 aliphatic heterocycles. The molecule has 1 amide bonds. The van der Waals surface area contributed by atoms with Crippen molar-refractivity contribution >= 4 is 17.2 Å². The van der Waals surface area contributed by atoms with Crippen LogP contribution in [0.2, 0.25) is 0 Å². The molecule has 0 saturated carbocycles. The summed E-state index contributed by atoms with van der Waals surface area (Å²) in [6.45, 7) is 7.31. The standard InChI is InChI=1S/C17H22N2O2S/c1-4-21-15-7-5-14(6-8-15)11-16(20)18-10-9-17-19-12(2)13(3)22-17/h5-8H,4,9-11H2,1-3H3,(H,18,20). The molecule has 0 atom stereocenters. The zero-order valence-corrected chi connectivity index (χ0v) is 14.1. The first-order chi connectivity index (χ1) is 10.6. The first kappa shape index (κ1) is 16.5. The fourth-order valence-corrected chi connectivity index (χ4v) is 3.01. The summed E-state index contributed by atoms with van der Waals surface area (Å²) >= 11 is 1.70. The number of hydrogen-bond acceptors (Lipinski definition) is 4. The van der Waals surface area contributed by atoms with Crippen molar-refractivity contribution in [1.29, 1.82) is 0 Å². The summed E-state index contributed by atoms with van der Waals surface area (Å²) in [7, 11) is 0. The van der Waals surface area contributed by atoms with Crippen molar-refractivity contribution in [3.63, 3.8) is 0 Å². The zero-order valence-electron chi connectivity index (χ0n) is 13.3. The number of carbonyl (C=O) groups excluding carboxylic acids is 1. The van der Waals surface area contributed by atoms with Gasteiger partial charge in [0.1, 0.15) is 5.75 Å². The number of aryl methyl sites for hydroxylation is 2. The third-order valence-corrected chi connectivity index (χ3v) is 4.47. The monoisotopic (exact) mass is 318 g/mol. The van der Waals surface area contributed by atoms with E-state index in [4.69, 9.17) is 4.74 Å². The molecule has 4 nitrogen and oxygen atoms in total. The van der Waals surface area contributed by atoms with Crippen LogP contribution in [-0.4, -0.2) is 24.0 Å². The smallest absolute Gasteiger partial charge is 0.224 e. The number of thiazole rings is 1. The maximum Gasteiger partial charge on any atom is 0.224 e. The van der Waals surface area contributed by atoms with E-state index in [9.17, 15) is 4.79 Å². The fraction of sp³-hybridized carbons (Fsp3) is 0.412. The Labute approximate surface area is 135 Å². The van der Waals surface area contributed by atoms with Gasteiger partial charge in [-0.1, -0.05) is 12.1 Å². The fourth-order valence-electron chi connectivity index (χ4n) is 2.07. The average Bonchev–Trinajstić information content (AvgIpc) is 2.80. The molecule has 2 aromatic rings. The molecule has 1 aromatic heterocycles. The Morgan fingerprint density at radius 1 is 1.27 bits per heavy atom. The number of nitrogens with zero attached hydrogens (tertiary/aromatic N) is 1. The molecule has 0 saturated heterocycles. The Morgan fingerprint density at radius 2 is 2.00 bits per heavy atom. The lowest BCUT2D eigenvalue weighted by atomic mass is 10.1. The number of rotatable bonds is 7. The molecule has 2 rings (SSSR count). The predicted molar refractivity (Wildman–Crippen MR) is 89.6 cm³/mol. The van der Waals surface area contributed by atoms with Gasteiger partial charge in [-0.25, -0.2) is 4.98 Å². The van der Waals surface area contributed by atoms with Gasteiger partial charge in [0.15, 0.2) is 0 Å². The summed E-state index contributed by atoms with van der Waals surface area (Å²) in [5, 5.41) is 4.02. The van der Waals surface area contributed by atoms with E-state index < -0.39 is 0 Å². The van der Waals surface area contributed by atoms with Crippen LogP contribution in [0.25, 0.3) is 0 Å². The predicted octanol–water partition coefficient (Wildman–Crippen LogP) is 3.06. The number of aromatic nitrogens is 1. The van der Waals surface area contributed by atoms with E-state index in [0.29, 0.717) is 19.6 Å². The summed E-state index contributed by atoms with van der Waals surface area (Å²) in [4.78, 5) is 17.6. The van der Waals surface area contributed by atoms with E-state index in [1.54, 1.807) is 11.3 Å². The maximum absolute atomic E-state index is 11.9. The SMILES string of the molecule is CCOc1ccc(CC(=O)NCCc2nc(C)c(C)s2)cc1. The van der Waals surface area contributed by atoms with Crippen molar-refractivity contribution in [2.24, 2.45) is 0 Å². The molecule has 0 bridgehead atoms. The van der Waals surface area contributed by atoms with Gasteiger partial charge in [0.25, 0.3) is 0 Å². The quantitative estimate of drug-likeness (QED) is 0.853. The highest BCUT2D eigenvalue weighted by Gasteiger charge is 2.06. The second kappa shape index (κ2) is 7.94. The van der Waals surface area contributed by atoms with Crippen molar-refractivity contribution in [2.75, 3.05) is 13.2 Å². The highest BCUT2D eigenvalue weighted by molar-refractivity contribution is 7.11. The molecule has 0 fully saturated rings. The Kier molecular flexibility index (Phi) is 5.95. The van der Waals surface area contributed by atoms with Crippen LogP contribution in [-0.2, 0) is 17.6 Å². The molecule has 118 valence electrons. The zero-order chi connectivity index (χ0) is 15.9. The number of benzene rings is 1. The van der Waals surface area contributed by atoms with Gasteiger partial charge >= 0.3 is 0 Å². The van der Waals surface area contributed by atoms with Crippen molar-refractivity contribution in [3.8, 4) is 5.75 Å². The van der Waals surface area contributed by atoms with Crippen LogP contribution in [0.15, 0.2) is 24.3 Å². The molecule has 0 aliphatic carbocycles. The molecule has 0 radical (unpaired) electrons. The summed E-state index contributed by atoms with van der Waals surface area (Å²) in [6, 6.07) is 7.65. The number of amides is 1. The minimum Gasteiger partial charge on any atom is -0.494 e. The summed E-state index contributed by atoms with van der Waals surface area (Å²) < 4.78 is 5.38. The van der Waals surface area contributed by atoms with E-state index in [-0.39, 0.29) is 5.91 Å².